The second-order valence-corrected chi connectivity index (χ2v) is 4.97. The number of carbonyl (C=O) groups excluding carboxylic acids is 1. The Morgan fingerprint density at radius 1 is 1.14 bits per heavy atom. The van der Waals surface area contributed by atoms with Crippen molar-refractivity contribution in [3.8, 4) is 17.0 Å². The van der Waals surface area contributed by atoms with Gasteiger partial charge in [-0.05, 0) is 41.6 Å². The van der Waals surface area contributed by atoms with Crippen LogP contribution in [0.15, 0.2) is 42.7 Å². The lowest BCUT2D eigenvalue weighted by molar-refractivity contribution is 0.0997. The molecule has 22 heavy (non-hydrogen) atoms. The molecule has 5 heteroatoms. The average molecular weight is 293 g/mol. The third-order valence-corrected chi connectivity index (χ3v) is 3.61. The Balaban J connectivity index is 2.30. The van der Waals surface area contributed by atoms with Crippen molar-refractivity contribution in [2.75, 3.05) is 7.11 Å². The number of nitrogens with two attached hydrogens (primary N) is 1. The van der Waals surface area contributed by atoms with Crippen molar-refractivity contribution >= 4 is 16.7 Å². The zero-order valence-corrected chi connectivity index (χ0v) is 12.3. The molecule has 0 fully saturated rings. The van der Waals surface area contributed by atoms with Gasteiger partial charge in [0.2, 0.25) is 5.88 Å². The van der Waals surface area contributed by atoms with E-state index in [1.54, 1.807) is 19.5 Å². The van der Waals surface area contributed by atoms with Crippen LogP contribution in [0.1, 0.15) is 16.1 Å². The molecule has 3 rings (SSSR count). The van der Waals surface area contributed by atoms with Gasteiger partial charge >= 0.3 is 0 Å². The monoisotopic (exact) mass is 293 g/mol. The predicted molar refractivity (Wildman–Crippen MR) is 84.8 cm³/mol. The maximum Gasteiger partial charge on any atom is 0.267 e. The highest BCUT2D eigenvalue weighted by molar-refractivity contribution is 6.05. The number of primary amides is 1. The Kier molecular flexibility index (Phi) is 3.47. The normalized spacial score (nSPS) is 10.6. The van der Waals surface area contributed by atoms with E-state index in [4.69, 9.17) is 10.5 Å². The molecule has 0 unspecified atom stereocenters. The summed E-state index contributed by atoms with van der Waals surface area (Å²) >= 11 is 0. The van der Waals surface area contributed by atoms with Gasteiger partial charge in [0.15, 0.2) is 0 Å². The van der Waals surface area contributed by atoms with E-state index in [2.05, 4.69) is 9.97 Å². The van der Waals surface area contributed by atoms with Crippen LogP contribution in [-0.4, -0.2) is 23.0 Å². The molecule has 2 aromatic heterocycles. The summed E-state index contributed by atoms with van der Waals surface area (Å²) in [7, 11) is 1.59. The SMILES string of the molecule is COc1nccc(C)c1-c1ccc2ccnc(C(N)=O)c2c1. The van der Waals surface area contributed by atoms with Gasteiger partial charge in [-0.2, -0.15) is 0 Å². The molecule has 0 aliphatic carbocycles. The molecule has 3 aromatic rings. The molecule has 0 saturated carbocycles. The Labute approximate surface area is 127 Å². The van der Waals surface area contributed by atoms with E-state index in [0.717, 1.165) is 27.5 Å². The standard InChI is InChI=1S/C17H15N3O2/c1-10-5-7-20-17(22-2)14(10)12-4-3-11-6-8-19-15(16(18)21)13(11)9-12/h3-9H,1-2H3,(H2,18,21). The van der Waals surface area contributed by atoms with Gasteiger partial charge in [0.1, 0.15) is 5.69 Å². The third kappa shape index (κ3) is 2.26. The molecule has 1 aromatic carbocycles. The van der Waals surface area contributed by atoms with Crippen LogP contribution in [0.3, 0.4) is 0 Å². The molecule has 0 atom stereocenters. The van der Waals surface area contributed by atoms with Crippen molar-refractivity contribution in [3.05, 3.63) is 54.0 Å². The highest BCUT2D eigenvalue weighted by Crippen LogP contribution is 2.33. The minimum absolute atomic E-state index is 0.264. The highest BCUT2D eigenvalue weighted by Gasteiger charge is 2.13. The number of aromatic nitrogens is 2. The van der Waals surface area contributed by atoms with Gasteiger partial charge in [0, 0.05) is 23.3 Å². The number of benzene rings is 1. The Bertz CT molecular complexity index is 875. The van der Waals surface area contributed by atoms with Crippen LogP contribution < -0.4 is 10.5 Å². The van der Waals surface area contributed by atoms with Gasteiger partial charge in [-0.1, -0.05) is 12.1 Å². The second-order valence-electron chi connectivity index (χ2n) is 4.97. The van der Waals surface area contributed by atoms with Gasteiger partial charge in [0.25, 0.3) is 5.91 Å². The smallest absolute Gasteiger partial charge is 0.267 e. The van der Waals surface area contributed by atoms with Crippen LogP contribution in [-0.2, 0) is 0 Å². The topological polar surface area (TPSA) is 78.1 Å². The molecule has 0 spiro atoms. The van der Waals surface area contributed by atoms with Gasteiger partial charge in [-0.25, -0.2) is 4.98 Å². The molecule has 0 radical (unpaired) electrons. The lowest BCUT2D eigenvalue weighted by Crippen LogP contribution is -2.13. The van der Waals surface area contributed by atoms with E-state index in [9.17, 15) is 4.79 Å². The molecular weight excluding hydrogens is 278 g/mol. The summed E-state index contributed by atoms with van der Waals surface area (Å²) in [4.78, 5) is 19.9. The first-order valence-electron chi connectivity index (χ1n) is 6.80. The Morgan fingerprint density at radius 2 is 1.91 bits per heavy atom. The molecule has 2 N–H and O–H groups in total. The summed E-state index contributed by atoms with van der Waals surface area (Å²) in [5, 5.41) is 1.63. The van der Waals surface area contributed by atoms with E-state index in [0.29, 0.717) is 5.88 Å². The second kappa shape index (κ2) is 5.44. The minimum atomic E-state index is -0.544. The van der Waals surface area contributed by atoms with E-state index in [-0.39, 0.29) is 5.69 Å². The number of methoxy groups -OCH3 is 1. The molecule has 0 aliphatic rings. The number of aryl methyl sites for hydroxylation is 1. The third-order valence-electron chi connectivity index (χ3n) is 3.61. The summed E-state index contributed by atoms with van der Waals surface area (Å²) in [6, 6.07) is 9.57. The fourth-order valence-electron chi connectivity index (χ4n) is 2.56. The van der Waals surface area contributed by atoms with Crippen molar-refractivity contribution in [3.63, 3.8) is 0 Å². The van der Waals surface area contributed by atoms with Crippen molar-refractivity contribution in [2.24, 2.45) is 5.73 Å². The van der Waals surface area contributed by atoms with Crippen LogP contribution >= 0.6 is 0 Å². The van der Waals surface area contributed by atoms with Crippen molar-refractivity contribution in [1.29, 1.82) is 0 Å². The maximum absolute atomic E-state index is 11.6. The molecule has 110 valence electrons. The van der Waals surface area contributed by atoms with Crippen LogP contribution in [0.4, 0.5) is 0 Å². The largest absolute Gasteiger partial charge is 0.481 e. The predicted octanol–water partition coefficient (Wildman–Crippen LogP) is 2.71. The Hall–Kier alpha value is -2.95. The van der Waals surface area contributed by atoms with Crippen molar-refractivity contribution < 1.29 is 9.53 Å². The number of hydrogen-bond donors (Lipinski definition) is 1. The maximum atomic E-state index is 11.6. The summed E-state index contributed by atoms with van der Waals surface area (Å²) in [6.07, 6.45) is 3.28. The fourth-order valence-corrected chi connectivity index (χ4v) is 2.56. The van der Waals surface area contributed by atoms with Crippen LogP contribution in [0.25, 0.3) is 21.9 Å². The quantitative estimate of drug-likeness (QED) is 0.805. The Morgan fingerprint density at radius 3 is 2.64 bits per heavy atom. The first kappa shape index (κ1) is 14.0. The number of carbonyl (C=O) groups is 1. The number of ether oxygens (including phenoxy) is 1. The fraction of sp³-hybridized carbons (Fsp3) is 0.118. The van der Waals surface area contributed by atoms with Crippen molar-refractivity contribution in [2.45, 2.75) is 6.92 Å². The summed E-state index contributed by atoms with van der Waals surface area (Å²) < 4.78 is 5.35. The number of rotatable bonds is 3. The molecule has 0 bridgehead atoms. The molecular formula is C17H15N3O2. The number of fused-ring (bicyclic) bond motifs is 1. The van der Waals surface area contributed by atoms with Crippen LogP contribution in [0.5, 0.6) is 5.88 Å². The lowest BCUT2D eigenvalue weighted by atomic mass is 9.98. The van der Waals surface area contributed by atoms with Crippen molar-refractivity contribution in [1.82, 2.24) is 9.97 Å². The zero-order valence-electron chi connectivity index (χ0n) is 12.3. The van der Waals surface area contributed by atoms with Gasteiger partial charge in [-0.15, -0.1) is 0 Å². The zero-order chi connectivity index (χ0) is 15.7. The summed E-state index contributed by atoms with van der Waals surface area (Å²) in [5.41, 5.74) is 8.52. The molecule has 0 saturated heterocycles. The van der Waals surface area contributed by atoms with Gasteiger partial charge in [0.05, 0.1) is 7.11 Å². The number of hydrogen-bond acceptors (Lipinski definition) is 4. The van der Waals surface area contributed by atoms with E-state index < -0.39 is 5.91 Å². The molecule has 2 heterocycles. The molecule has 0 aliphatic heterocycles. The average Bonchev–Trinajstić information content (AvgIpc) is 2.53. The van der Waals surface area contributed by atoms with Gasteiger partial charge < -0.3 is 10.5 Å². The molecule has 1 amide bonds. The van der Waals surface area contributed by atoms with E-state index >= 15 is 0 Å². The number of nitrogens with zero attached hydrogens (tertiary/aromatic N) is 2. The molecule has 5 nitrogen and oxygen atoms in total. The summed E-state index contributed by atoms with van der Waals surface area (Å²) in [5.74, 6) is 0.00138. The first-order chi connectivity index (χ1) is 10.6. The van der Waals surface area contributed by atoms with E-state index in [1.807, 2.05) is 37.3 Å². The minimum Gasteiger partial charge on any atom is -0.481 e. The van der Waals surface area contributed by atoms with Crippen LogP contribution in [0.2, 0.25) is 0 Å². The van der Waals surface area contributed by atoms with E-state index in [1.165, 1.54) is 0 Å². The number of pyridine rings is 2. The first-order valence-corrected chi connectivity index (χ1v) is 6.80. The summed E-state index contributed by atoms with van der Waals surface area (Å²) in [6.45, 7) is 1.99. The van der Waals surface area contributed by atoms with Gasteiger partial charge in [-0.3, -0.25) is 9.78 Å². The number of amides is 1. The highest BCUT2D eigenvalue weighted by atomic mass is 16.5. The lowest BCUT2D eigenvalue weighted by Gasteiger charge is -2.12. The van der Waals surface area contributed by atoms with Crippen LogP contribution in [0, 0.1) is 6.92 Å².